The van der Waals surface area contributed by atoms with Gasteiger partial charge in [-0.3, -0.25) is 5.01 Å². The summed E-state index contributed by atoms with van der Waals surface area (Å²) in [5.74, 6) is 0. The number of hydrogen-bond acceptors (Lipinski definition) is 3. The minimum atomic E-state index is 0.814. The number of hydrazone groups is 1. The van der Waals surface area contributed by atoms with Crippen molar-refractivity contribution in [3.05, 3.63) is 24.0 Å². The first-order chi connectivity index (χ1) is 6.88. The van der Waals surface area contributed by atoms with Crippen molar-refractivity contribution in [2.24, 2.45) is 5.10 Å². The van der Waals surface area contributed by atoms with Gasteiger partial charge >= 0.3 is 0 Å². The summed E-state index contributed by atoms with van der Waals surface area (Å²) in [5.41, 5.74) is 1.12. The Bertz CT molecular complexity index is 294. The van der Waals surface area contributed by atoms with Crippen LogP contribution in [0, 0.1) is 12.5 Å². The predicted molar refractivity (Wildman–Crippen MR) is 59.3 cm³/mol. The van der Waals surface area contributed by atoms with Crippen molar-refractivity contribution in [2.75, 3.05) is 6.54 Å². The lowest BCUT2D eigenvalue weighted by molar-refractivity contribution is 0.383. The van der Waals surface area contributed by atoms with E-state index < -0.39 is 0 Å². The van der Waals surface area contributed by atoms with Crippen LogP contribution in [0.25, 0.3) is 0 Å². The molecule has 1 aliphatic rings. The molecule has 0 bridgehead atoms. The van der Waals surface area contributed by atoms with E-state index >= 15 is 0 Å². The summed E-state index contributed by atoms with van der Waals surface area (Å²) in [7, 11) is 0. The molecule has 0 spiro atoms. The van der Waals surface area contributed by atoms with Crippen LogP contribution >= 0.6 is 0 Å². The van der Waals surface area contributed by atoms with Gasteiger partial charge in [-0.05, 0) is 12.5 Å². The SMILES string of the molecule is C#CN/C=C(/CCC)N1CC=CC=N1. The smallest absolute Gasteiger partial charge is 0.0597 e. The van der Waals surface area contributed by atoms with Gasteiger partial charge in [-0.1, -0.05) is 25.8 Å². The summed E-state index contributed by atoms with van der Waals surface area (Å²) in [4.78, 5) is 0. The van der Waals surface area contributed by atoms with Crippen molar-refractivity contribution in [1.82, 2.24) is 10.3 Å². The third kappa shape index (κ3) is 2.98. The van der Waals surface area contributed by atoms with Crippen LogP contribution in [-0.4, -0.2) is 17.8 Å². The first-order valence-corrected chi connectivity index (χ1v) is 4.75. The molecule has 1 aliphatic heterocycles. The fraction of sp³-hybridized carbons (Fsp3) is 0.364. The number of allylic oxidation sites excluding steroid dienone is 2. The number of terminal acetylenes is 1. The average molecular weight is 189 g/mol. The highest BCUT2D eigenvalue weighted by Crippen LogP contribution is 2.12. The maximum atomic E-state index is 5.13. The summed E-state index contributed by atoms with van der Waals surface area (Å²) >= 11 is 0. The zero-order chi connectivity index (χ0) is 10.2. The Hall–Kier alpha value is -1.69. The monoisotopic (exact) mass is 189 g/mol. The van der Waals surface area contributed by atoms with Crippen molar-refractivity contribution in [2.45, 2.75) is 19.8 Å². The molecule has 74 valence electrons. The van der Waals surface area contributed by atoms with E-state index in [1.54, 1.807) is 6.21 Å². The van der Waals surface area contributed by atoms with Crippen LogP contribution in [-0.2, 0) is 0 Å². The van der Waals surface area contributed by atoms with E-state index in [9.17, 15) is 0 Å². The molecule has 0 aliphatic carbocycles. The molecule has 0 saturated heterocycles. The van der Waals surface area contributed by atoms with Gasteiger partial charge in [0.05, 0.1) is 12.2 Å². The fourth-order valence-electron chi connectivity index (χ4n) is 1.24. The molecule has 1 N–H and O–H groups in total. The van der Waals surface area contributed by atoms with Crippen molar-refractivity contribution < 1.29 is 0 Å². The molecule has 3 heteroatoms. The maximum absolute atomic E-state index is 5.13. The van der Waals surface area contributed by atoms with Crippen molar-refractivity contribution in [3.63, 3.8) is 0 Å². The maximum Gasteiger partial charge on any atom is 0.0597 e. The Morgan fingerprint density at radius 1 is 1.79 bits per heavy atom. The molecule has 1 rings (SSSR count). The van der Waals surface area contributed by atoms with E-state index in [0.717, 1.165) is 25.1 Å². The van der Waals surface area contributed by atoms with E-state index in [1.807, 2.05) is 17.3 Å². The van der Waals surface area contributed by atoms with Crippen molar-refractivity contribution in [3.8, 4) is 12.5 Å². The molecule has 3 nitrogen and oxygen atoms in total. The normalized spacial score (nSPS) is 15.4. The van der Waals surface area contributed by atoms with Crippen molar-refractivity contribution >= 4 is 6.21 Å². The summed E-state index contributed by atoms with van der Waals surface area (Å²) < 4.78 is 0. The van der Waals surface area contributed by atoms with Gasteiger partial charge in [-0.15, -0.1) is 0 Å². The second kappa shape index (κ2) is 5.87. The lowest BCUT2D eigenvalue weighted by Crippen LogP contribution is -2.20. The lowest BCUT2D eigenvalue weighted by Gasteiger charge is -2.21. The molecule has 0 aromatic rings. The van der Waals surface area contributed by atoms with Crippen LogP contribution in [0.4, 0.5) is 0 Å². The van der Waals surface area contributed by atoms with Gasteiger partial charge in [0.25, 0.3) is 0 Å². The summed E-state index contributed by atoms with van der Waals surface area (Å²) in [6.45, 7) is 2.95. The Morgan fingerprint density at radius 3 is 3.21 bits per heavy atom. The van der Waals surface area contributed by atoms with Gasteiger partial charge in [0, 0.05) is 18.5 Å². The van der Waals surface area contributed by atoms with Crippen LogP contribution in [0.15, 0.2) is 29.2 Å². The molecule has 0 amide bonds. The first-order valence-electron chi connectivity index (χ1n) is 4.75. The quantitative estimate of drug-likeness (QED) is 0.538. The van der Waals surface area contributed by atoms with Crippen LogP contribution < -0.4 is 5.32 Å². The minimum Gasteiger partial charge on any atom is -0.320 e. The van der Waals surface area contributed by atoms with Crippen LogP contribution in [0.1, 0.15) is 19.8 Å². The first kappa shape index (κ1) is 10.4. The van der Waals surface area contributed by atoms with Gasteiger partial charge in [0.1, 0.15) is 0 Å². The van der Waals surface area contributed by atoms with Gasteiger partial charge in [0.15, 0.2) is 0 Å². The van der Waals surface area contributed by atoms with E-state index in [2.05, 4.69) is 29.5 Å². The lowest BCUT2D eigenvalue weighted by atomic mass is 10.2. The van der Waals surface area contributed by atoms with Crippen LogP contribution in [0.3, 0.4) is 0 Å². The molecule has 14 heavy (non-hydrogen) atoms. The third-order valence-electron chi connectivity index (χ3n) is 1.87. The molecule has 0 aromatic carbocycles. The average Bonchev–Trinajstić information content (AvgIpc) is 2.25. The van der Waals surface area contributed by atoms with Gasteiger partial charge in [0.2, 0.25) is 0 Å². The van der Waals surface area contributed by atoms with E-state index in [4.69, 9.17) is 6.42 Å². The largest absolute Gasteiger partial charge is 0.320 e. The van der Waals surface area contributed by atoms with Gasteiger partial charge in [-0.25, -0.2) is 0 Å². The Morgan fingerprint density at radius 2 is 2.64 bits per heavy atom. The standard InChI is InChI=1S/C11H15N3/c1-3-7-11(10-12-4-2)14-9-6-5-8-13-14/h2,5-6,8,10,12H,3,7,9H2,1H3/b11-10-. The Kier molecular flexibility index (Phi) is 4.36. The summed E-state index contributed by atoms with van der Waals surface area (Å²) in [5, 5.41) is 8.94. The molecule has 0 atom stereocenters. The molecule has 0 aromatic heterocycles. The zero-order valence-corrected chi connectivity index (χ0v) is 8.40. The molecule has 0 saturated carbocycles. The summed E-state index contributed by atoms with van der Waals surface area (Å²) in [6, 6.07) is 2.37. The number of rotatable bonds is 4. The van der Waals surface area contributed by atoms with Gasteiger partial charge in [-0.2, -0.15) is 5.10 Å². The van der Waals surface area contributed by atoms with E-state index in [-0.39, 0.29) is 0 Å². The topological polar surface area (TPSA) is 27.6 Å². The number of nitrogens with one attached hydrogen (secondary N) is 1. The molecule has 0 fully saturated rings. The number of hydrogen-bond donors (Lipinski definition) is 1. The zero-order valence-electron chi connectivity index (χ0n) is 8.40. The minimum absolute atomic E-state index is 0.814. The highest BCUT2D eigenvalue weighted by Gasteiger charge is 2.06. The molecule has 0 radical (unpaired) electrons. The highest BCUT2D eigenvalue weighted by atomic mass is 15.5. The van der Waals surface area contributed by atoms with Gasteiger partial charge < -0.3 is 5.32 Å². The van der Waals surface area contributed by atoms with E-state index in [1.165, 1.54) is 0 Å². The molecule has 1 heterocycles. The molecular formula is C11H15N3. The van der Waals surface area contributed by atoms with Crippen LogP contribution in [0.5, 0.6) is 0 Å². The second-order valence-corrected chi connectivity index (χ2v) is 2.95. The van der Waals surface area contributed by atoms with Crippen molar-refractivity contribution in [1.29, 1.82) is 0 Å². The third-order valence-corrected chi connectivity index (χ3v) is 1.87. The van der Waals surface area contributed by atoms with E-state index in [0.29, 0.717) is 0 Å². The summed E-state index contributed by atoms with van der Waals surface area (Å²) in [6.07, 6.45) is 14.8. The Balaban J connectivity index is 2.63. The highest BCUT2D eigenvalue weighted by molar-refractivity contribution is 5.71. The second-order valence-electron chi connectivity index (χ2n) is 2.95. The molecule has 0 unspecified atom stereocenters. The number of nitrogens with zero attached hydrogens (tertiary/aromatic N) is 2. The predicted octanol–water partition coefficient (Wildman–Crippen LogP) is 1.67. The fourth-order valence-corrected chi connectivity index (χ4v) is 1.24. The molecular weight excluding hydrogens is 174 g/mol. The van der Waals surface area contributed by atoms with Crippen LogP contribution in [0.2, 0.25) is 0 Å². The Labute approximate surface area is 85.2 Å².